The van der Waals surface area contributed by atoms with Crippen LogP contribution in [0.25, 0.3) is 0 Å². The lowest BCUT2D eigenvalue weighted by molar-refractivity contribution is -0.142. The molecule has 0 bridgehead atoms. The molecule has 0 atom stereocenters. The topological polar surface area (TPSA) is 49.3 Å². The molecule has 1 aromatic carbocycles. The number of aliphatic imine (C=N–C) groups is 1. The minimum Gasteiger partial charge on any atom is -0.486 e. The maximum atomic E-state index is 12.3. The van der Waals surface area contributed by atoms with Crippen molar-refractivity contribution in [3.8, 4) is 11.5 Å². The van der Waals surface area contributed by atoms with Crippen LogP contribution in [0, 0.1) is 0 Å². The van der Waals surface area contributed by atoms with Crippen LogP contribution in [-0.4, -0.2) is 75.9 Å². The van der Waals surface area contributed by atoms with Crippen LogP contribution in [0.2, 0.25) is 0 Å². The van der Waals surface area contributed by atoms with Crippen molar-refractivity contribution in [3.63, 3.8) is 0 Å². The van der Waals surface area contributed by atoms with Crippen LogP contribution < -0.4 is 14.8 Å². The Morgan fingerprint density at radius 3 is 2.48 bits per heavy atom. The van der Waals surface area contributed by atoms with Crippen molar-refractivity contribution < 1.29 is 22.6 Å². The lowest BCUT2D eigenvalue weighted by atomic mass is 10.2. The van der Waals surface area contributed by atoms with E-state index in [2.05, 4.69) is 10.3 Å². The maximum absolute atomic E-state index is 12.3. The van der Waals surface area contributed by atoms with Gasteiger partial charge in [0.2, 0.25) is 0 Å². The fraction of sp³-hybridized carbons (Fsp3) is 0.588. The number of alkyl halides is 3. The van der Waals surface area contributed by atoms with Crippen molar-refractivity contribution in [2.75, 3.05) is 54.0 Å². The summed E-state index contributed by atoms with van der Waals surface area (Å²) in [6.45, 7) is 1.35. The maximum Gasteiger partial charge on any atom is 0.401 e. The molecule has 0 unspecified atom stereocenters. The Morgan fingerprint density at radius 2 is 1.85 bits per heavy atom. The third-order valence-electron chi connectivity index (χ3n) is 3.83. The van der Waals surface area contributed by atoms with Gasteiger partial charge < -0.3 is 19.7 Å². The molecule has 0 radical (unpaired) electrons. The molecular formula is C17H26F3IN4O2. The largest absolute Gasteiger partial charge is 0.486 e. The van der Waals surface area contributed by atoms with Crippen LogP contribution in [-0.2, 0) is 6.54 Å². The lowest BCUT2D eigenvalue weighted by Crippen LogP contribution is -2.43. The second-order valence-electron chi connectivity index (χ2n) is 6.16. The minimum atomic E-state index is -4.19. The quantitative estimate of drug-likeness (QED) is 0.369. The first-order valence-corrected chi connectivity index (χ1v) is 8.34. The number of halogens is 4. The summed E-state index contributed by atoms with van der Waals surface area (Å²) in [6, 6.07) is 5.75. The van der Waals surface area contributed by atoms with Gasteiger partial charge in [0.1, 0.15) is 13.2 Å². The Bertz CT molecular complexity index is 629. The second-order valence-corrected chi connectivity index (χ2v) is 6.16. The van der Waals surface area contributed by atoms with Gasteiger partial charge >= 0.3 is 6.18 Å². The van der Waals surface area contributed by atoms with E-state index in [1.54, 1.807) is 7.05 Å². The van der Waals surface area contributed by atoms with Crippen molar-refractivity contribution in [2.45, 2.75) is 12.7 Å². The Morgan fingerprint density at radius 1 is 1.19 bits per heavy atom. The second kappa shape index (κ2) is 10.8. The van der Waals surface area contributed by atoms with Gasteiger partial charge in [0.15, 0.2) is 17.5 Å². The zero-order valence-corrected chi connectivity index (χ0v) is 18.0. The van der Waals surface area contributed by atoms with Gasteiger partial charge in [0.25, 0.3) is 0 Å². The predicted molar refractivity (Wildman–Crippen MR) is 109 cm³/mol. The molecule has 0 fully saturated rings. The molecule has 1 aliphatic rings. The van der Waals surface area contributed by atoms with E-state index in [1.807, 2.05) is 30.1 Å². The van der Waals surface area contributed by atoms with Gasteiger partial charge in [-0.25, -0.2) is 0 Å². The molecule has 6 nitrogen and oxygen atoms in total. The van der Waals surface area contributed by atoms with Crippen LogP contribution in [0.1, 0.15) is 5.56 Å². The zero-order chi connectivity index (χ0) is 19.2. The molecule has 0 aliphatic carbocycles. The van der Waals surface area contributed by atoms with Crippen LogP contribution >= 0.6 is 24.0 Å². The smallest absolute Gasteiger partial charge is 0.401 e. The molecular weight excluding hydrogens is 476 g/mol. The first-order chi connectivity index (χ1) is 12.3. The lowest BCUT2D eigenvalue weighted by Gasteiger charge is -2.25. The van der Waals surface area contributed by atoms with Crippen molar-refractivity contribution >= 4 is 29.9 Å². The molecule has 0 aromatic heterocycles. The Balaban J connectivity index is 0.00000364. The number of rotatable bonds is 6. The van der Waals surface area contributed by atoms with Gasteiger partial charge in [0.05, 0.1) is 6.54 Å². The molecule has 1 N–H and O–H groups in total. The van der Waals surface area contributed by atoms with Gasteiger partial charge in [-0.05, 0) is 24.7 Å². The monoisotopic (exact) mass is 502 g/mol. The first kappa shape index (κ1) is 23.6. The Labute approximate surface area is 174 Å². The molecule has 154 valence electrons. The van der Waals surface area contributed by atoms with Crippen LogP contribution in [0.3, 0.4) is 0 Å². The van der Waals surface area contributed by atoms with E-state index in [9.17, 15) is 13.2 Å². The number of likely N-dealkylation sites (N-methyl/N-ethyl adjacent to an activating group) is 1. The normalized spacial score (nSPS) is 14.0. The van der Waals surface area contributed by atoms with Gasteiger partial charge in [0, 0.05) is 33.7 Å². The molecule has 1 heterocycles. The summed E-state index contributed by atoms with van der Waals surface area (Å²) in [5, 5.41) is 3.08. The minimum absolute atomic E-state index is 0. The van der Waals surface area contributed by atoms with Gasteiger partial charge in [-0.3, -0.25) is 9.89 Å². The fourth-order valence-corrected chi connectivity index (χ4v) is 2.66. The zero-order valence-electron chi connectivity index (χ0n) is 15.7. The number of nitrogens with one attached hydrogen (secondary N) is 1. The average Bonchev–Trinajstić information content (AvgIpc) is 2.57. The van der Waals surface area contributed by atoms with E-state index >= 15 is 0 Å². The Hall–Kier alpha value is -1.43. The molecule has 2 rings (SSSR count). The average molecular weight is 502 g/mol. The molecule has 0 spiro atoms. The molecule has 0 saturated heterocycles. The molecule has 10 heteroatoms. The van der Waals surface area contributed by atoms with E-state index in [0.29, 0.717) is 32.3 Å². The van der Waals surface area contributed by atoms with Crippen LogP contribution in [0.5, 0.6) is 11.5 Å². The highest BCUT2D eigenvalue weighted by atomic mass is 127. The molecule has 1 aliphatic heterocycles. The molecule has 0 saturated carbocycles. The predicted octanol–water partition coefficient (Wildman–Crippen LogP) is 2.58. The highest BCUT2D eigenvalue weighted by Crippen LogP contribution is 2.31. The van der Waals surface area contributed by atoms with Crippen molar-refractivity contribution in [3.05, 3.63) is 23.8 Å². The highest BCUT2D eigenvalue weighted by Gasteiger charge is 2.28. The number of fused-ring (bicyclic) bond motifs is 1. The van der Waals surface area contributed by atoms with E-state index < -0.39 is 12.7 Å². The number of guanidine groups is 1. The SMILES string of the molecule is CN=C(NCCN(C)CC(F)(F)F)N(C)Cc1ccc2c(c1)OCCO2.I. The summed E-state index contributed by atoms with van der Waals surface area (Å²) >= 11 is 0. The summed E-state index contributed by atoms with van der Waals surface area (Å²) < 4.78 is 48.1. The molecule has 27 heavy (non-hydrogen) atoms. The number of hydrogen-bond acceptors (Lipinski definition) is 4. The standard InChI is InChI=1S/C17H25F3N4O2.HI/c1-21-16(22-6-7-23(2)12-17(18,19)20)24(3)11-13-4-5-14-15(10-13)26-9-8-25-14;/h4-5,10H,6-9,11-12H2,1-3H3,(H,21,22);1H. The molecule has 0 amide bonds. The summed E-state index contributed by atoms with van der Waals surface area (Å²) in [6.07, 6.45) is -4.19. The van der Waals surface area contributed by atoms with Gasteiger partial charge in [-0.1, -0.05) is 6.07 Å². The fourth-order valence-electron chi connectivity index (χ4n) is 2.66. The number of ether oxygens (including phenoxy) is 2. The number of hydrogen-bond donors (Lipinski definition) is 1. The first-order valence-electron chi connectivity index (χ1n) is 8.34. The van der Waals surface area contributed by atoms with E-state index in [-0.39, 0.29) is 30.5 Å². The summed E-state index contributed by atoms with van der Waals surface area (Å²) in [4.78, 5) is 7.30. The van der Waals surface area contributed by atoms with E-state index in [4.69, 9.17) is 9.47 Å². The third-order valence-corrected chi connectivity index (χ3v) is 3.83. The Kier molecular flexibility index (Phi) is 9.43. The van der Waals surface area contributed by atoms with Crippen LogP contribution in [0.4, 0.5) is 13.2 Å². The summed E-state index contributed by atoms with van der Waals surface area (Å²) in [7, 11) is 4.95. The van der Waals surface area contributed by atoms with E-state index in [1.165, 1.54) is 11.9 Å². The van der Waals surface area contributed by atoms with Crippen molar-refractivity contribution in [1.29, 1.82) is 0 Å². The summed E-state index contributed by atoms with van der Waals surface area (Å²) in [5.74, 6) is 2.07. The number of benzene rings is 1. The number of nitrogens with zero attached hydrogens (tertiary/aromatic N) is 3. The van der Waals surface area contributed by atoms with E-state index in [0.717, 1.165) is 17.1 Å². The van der Waals surface area contributed by atoms with Gasteiger partial charge in [-0.2, -0.15) is 13.2 Å². The van der Waals surface area contributed by atoms with Crippen molar-refractivity contribution in [1.82, 2.24) is 15.1 Å². The van der Waals surface area contributed by atoms with Crippen molar-refractivity contribution in [2.24, 2.45) is 4.99 Å². The highest BCUT2D eigenvalue weighted by molar-refractivity contribution is 14.0. The van der Waals surface area contributed by atoms with Crippen LogP contribution in [0.15, 0.2) is 23.2 Å². The van der Waals surface area contributed by atoms with Gasteiger partial charge in [-0.15, -0.1) is 24.0 Å². The molecule has 1 aromatic rings. The summed E-state index contributed by atoms with van der Waals surface area (Å²) in [5.41, 5.74) is 1.02. The third kappa shape index (κ3) is 7.99.